The zero-order valence-corrected chi connectivity index (χ0v) is 12.3. The molecule has 0 atom stereocenters. The van der Waals surface area contributed by atoms with Crippen LogP contribution in [0.5, 0.6) is 0 Å². The van der Waals surface area contributed by atoms with Gasteiger partial charge in [0.15, 0.2) is 0 Å². The minimum atomic E-state index is -0.503. The molecular weight excluding hydrogens is 256 g/mol. The van der Waals surface area contributed by atoms with E-state index in [1.807, 2.05) is 45.0 Å². The number of anilines is 1. The maximum Gasteiger partial charge on any atom is 0.412 e. The van der Waals surface area contributed by atoms with Crippen molar-refractivity contribution in [2.24, 2.45) is 5.18 Å². The van der Waals surface area contributed by atoms with E-state index in [4.69, 9.17) is 4.74 Å². The van der Waals surface area contributed by atoms with E-state index < -0.39 is 11.7 Å². The second-order valence-corrected chi connectivity index (χ2v) is 5.63. The first-order chi connectivity index (χ1) is 9.40. The van der Waals surface area contributed by atoms with Crippen LogP contribution < -0.4 is 5.32 Å². The summed E-state index contributed by atoms with van der Waals surface area (Å²) < 4.78 is 5.17. The summed E-state index contributed by atoms with van der Waals surface area (Å²) in [6.07, 6.45) is 2.19. The van der Waals surface area contributed by atoms with E-state index in [-0.39, 0.29) is 0 Å². The van der Waals surface area contributed by atoms with E-state index in [1.165, 1.54) is 5.56 Å². The molecule has 5 nitrogen and oxygen atoms in total. The fraction of sp³-hybridized carbons (Fsp3) is 0.533. The maximum absolute atomic E-state index is 11.6. The van der Waals surface area contributed by atoms with E-state index in [0.29, 0.717) is 12.2 Å². The number of nitroso groups, excluding NO2 is 1. The fourth-order valence-corrected chi connectivity index (χ4v) is 1.68. The van der Waals surface area contributed by atoms with E-state index in [9.17, 15) is 9.70 Å². The number of hydrogen-bond donors (Lipinski definition) is 1. The van der Waals surface area contributed by atoms with Gasteiger partial charge in [0.05, 0.1) is 6.54 Å². The Labute approximate surface area is 119 Å². The molecule has 1 N–H and O–H groups in total. The molecule has 1 aromatic rings. The predicted molar refractivity (Wildman–Crippen MR) is 79.9 cm³/mol. The molecule has 0 radical (unpaired) electrons. The van der Waals surface area contributed by atoms with Crippen LogP contribution in [-0.4, -0.2) is 18.2 Å². The van der Waals surface area contributed by atoms with Crippen molar-refractivity contribution in [2.45, 2.75) is 45.6 Å². The molecule has 0 aromatic heterocycles. The number of rotatable bonds is 6. The van der Waals surface area contributed by atoms with Crippen molar-refractivity contribution in [1.29, 1.82) is 0 Å². The number of nitrogens with one attached hydrogen (secondary N) is 1. The lowest BCUT2D eigenvalue weighted by molar-refractivity contribution is 0.0636. The third-order valence-corrected chi connectivity index (χ3v) is 2.56. The highest BCUT2D eigenvalue weighted by Crippen LogP contribution is 2.14. The Hall–Kier alpha value is -1.91. The summed E-state index contributed by atoms with van der Waals surface area (Å²) in [6.45, 7) is 5.84. The molecule has 0 unspecified atom stereocenters. The summed E-state index contributed by atoms with van der Waals surface area (Å²) in [5.74, 6) is 0. The molecule has 1 amide bonds. The molecule has 1 aromatic carbocycles. The SMILES string of the molecule is CC(C)(C)OC(=O)Nc1ccc(CCCCN=O)cc1. The van der Waals surface area contributed by atoms with Gasteiger partial charge in [-0.2, -0.15) is 4.91 Å². The average Bonchev–Trinajstić information content (AvgIpc) is 2.34. The summed E-state index contributed by atoms with van der Waals surface area (Å²) in [5.41, 5.74) is 1.37. The highest BCUT2D eigenvalue weighted by Gasteiger charge is 2.15. The van der Waals surface area contributed by atoms with Gasteiger partial charge >= 0.3 is 6.09 Å². The molecule has 5 heteroatoms. The van der Waals surface area contributed by atoms with Gasteiger partial charge < -0.3 is 4.74 Å². The zero-order valence-electron chi connectivity index (χ0n) is 12.3. The molecule has 20 heavy (non-hydrogen) atoms. The topological polar surface area (TPSA) is 67.8 Å². The Morgan fingerprint density at radius 3 is 2.40 bits per heavy atom. The number of hydrogen-bond acceptors (Lipinski definition) is 4. The predicted octanol–water partition coefficient (Wildman–Crippen LogP) is 4.12. The van der Waals surface area contributed by atoms with Crippen LogP contribution >= 0.6 is 0 Å². The van der Waals surface area contributed by atoms with Crippen LogP contribution in [0.4, 0.5) is 10.5 Å². The zero-order chi connectivity index (χ0) is 15.0. The second-order valence-electron chi connectivity index (χ2n) is 5.63. The lowest BCUT2D eigenvalue weighted by Gasteiger charge is -2.19. The molecule has 0 spiro atoms. The van der Waals surface area contributed by atoms with Gasteiger partial charge in [0.1, 0.15) is 5.60 Å². The first-order valence-electron chi connectivity index (χ1n) is 6.79. The molecular formula is C15H22N2O3. The fourth-order valence-electron chi connectivity index (χ4n) is 1.68. The van der Waals surface area contributed by atoms with Crippen LogP contribution in [0.15, 0.2) is 29.4 Å². The van der Waals surface area contributed by atoms with Gasteiger partial charge in [-0.1, -0.05) is 17.3 Å². The molecule has 0 fully saturated rings. The Morgan fingerprint density at radius 1 is 1.20 bits per heavy atom. The van der Waals surface area contributed by atoms with Crippen molar-refractivity contribution in [3.63, 3.8) is 0 Å². The molecule has 1 rings (SSSR count). The number of carbonyl (C=O) groups is 1. The summed E-state index contributed by atoms with van der Waals surface area (Å²) >= 11 is 0. The lowest BCUT2D eigenvalue weighted by Crippen LogP contribution is -2.27. The number of unbranched alkanes of at least 4 members (excludes halogenated alkanes) is 1. The number of amides is 1. The minimum absolute atomic E-state index is 0.373. The normalized spacial score (nSPS) is 10.9. The number of carbonyl (C=O) groups excluding carboxylic acids is 1. The van der Waals surface area contributed by atoms with Crippen molar-refractivity contribution in [3.8, 4) is 0 Å². The Morgan fingerprint density at radius 2 is 1.85 bits per heavy atom. The van der Waals surface area contributed by atoms with Crippen molar-refractivity contribution in [3.05, 3.63) is 34.7 Å². The average molecular weight is 278 g/mol. The molecule has 0 saturated carbocycles. The van der Waals surface area contributed by atoms with Crippen LogP contribution in [0.1, 0.15) is 39.2 Å². The molecule has 0 heterocycles. The van der Waals surface area contributed by atoms with Crippen LogP contribution in [-0.2, 0) is 11.2 Å². The van der Waals surface area contributed by atoms with Gasteiger partial charge in [-0.25, -0.2) is 4.79 Å². The van der Waals surface area contributed by atoms with Crippen molar-refractivity contribution in [2.75, 3.05) is 11.9 Å². The molecule has 0 aliphatic heterocycles. The van der Waals surface area contributed by atoms with Crippen LogP contribution in [0.2, 0.25) is 0 Å². The first-order valence-corrected chi connectivity index (χ1v) is 6.79. The summed E-state index contributed by atoms with van der Waals surface area (Å²) in [6, 6.07) is 7.61. The standard InChI is InChI=1S/C15H22N2O3/c1-15(2,3)20-14(18)17-13-9-7-12(8-10-13)6-4-5-11-16-19/h7-10H,4-6,11H2,1-3H3,(H,17,18). The Balaban J connectivity index is 2.42. The molecule has 110 valence electrons. The second kappa shape index (κ2) is 7.62. The van der Waals surface area contributed by atoms with Gasteiger partial charge in [-0.3, -0.25) is 5.32 Å². The van der Waals surface area contributed by atoms with Gasteiger partial charge in [0.25, 0.3) is 0 Å². The minimum Gasteiger partial charge on any atom is -0.444 e. The van der Waals surface area contributed by atoms with Crippen molar-refractivity contribution < 1.29 is 9.53 Å². The van der Waals surface area contributed by atoms with Crippen LogP contribution in [0.25, 0.3) is 0 Å². The molecule has 0 bridgehead atoms. The van der Waals surface area contributed by atoms with E-state index >= 15 is 0 Å². The number of benzene rings is 1. The summed E-state index contributed by atoms with van der Waals surface area (Å²) in [7, 11) is 0. The van der Waals surface area contributed by atoms with Crippen LogP contribution in [0, 0.1) is 4.91 Å². The number of ether oxygens (including phenoxy) is 1. The van der Waals surface area contributed by atoms with Gasteiger partial charge in [-0.05, 0) is 57.7 Å². The van der Waals surface area contributed by atoms with E-state index in [2.05, 4.69) is 10.5 Å². The Bertz CT molecular complexity index is 435. The summed E-state index contributed by atoms with van der Waals surface area (Å²) in [5, 5.41) is 5.52. The smallest absolute Gasteiger partial charge is 0.412 e. The summed E-state index contributed by atoms with van der Waals surface area (Å²) in [4.78, 5) is 21.5. The number of aryl methyl sites for hydroxylation is 1. The first kappa shape index (κ1) is 16.1. The molecule has 0 aliphatic rings. The van der Waals surface area contributed by atoms with E-state index in [1.54, 1.807) is 0 Å². The van der Waals surface area contributed by atoms with Crippen molar-refractivity contribution in [1.82, 2.24) is 0 Å². The third-order valence-electron chi connectivity index (χ3n) is 2.56. The van der Waals surface area contributed by atoms with Gasteiger partial charge in [-0.15, -0.1) is 0 Å². The van der Waals surface area contributed by atoms with E-state index in [0.717, 1.165) is 19.3 Å². The van der Waals surface area contributed by atoms with Gasteiger partial charge in [0, 0.05) is 5.69 Å². The number of nitrogens with zero attached hydrogens (tertiary/aromatic N) is 1. The lowest BCUT2D eigenvalue weighted by atomic mass is 10.1. The van der Waals surface area contributed by atoms with Crippen molar-refractivity contribution >= 4 is 11.8 Å². The van der Waals surface area contributed by atoms with Crippen LogP contribution in [0.3, 0.4) is 0 Å². The highest BCUT2D eigenvalue weighted by atomic mass is 16.6. The third kappa shape index (κ3) is 6.87. The monoisotopic (exact) mass is 278 g/mol. The van der Waals surface area contributed by atoms with Gasteiger partial charge in [0.2, 0.25) is 0 Å². The maximum atomic E-state index is 11.6. The largest absolute Gasteiger partial charge is 0.444 e. The highest BCUT2D eigenvalue weighted by molar-refractivity contribution is 5.84. The Kier molecular flexibility index (Phi) is 6.15. The quantitative estimate of drug-likeness (QED) is 0.628. The molecule has 0 saturated heterocycles. The molecule has 0 aliphatic carbocycles.